The molecule has 3 aromatic rings. The molecule has 0 spiro atoms. The molecule has 1 aromatic carbocycles. The van der Waals surface area contributed by atoms with Crippen molar-refractivity contribution in [3.05, 3.63) is 77.7 Å². The number of aromatic amines is 1. The quantitative estimate of drug-likeness (QED) is 0.582. The van der Waals surface area contributed by atoms with Crippen LogP contribution in [0, 0.1) is 0 Å². The van der Waals surface area contributed by atoms with Crippen molar-refractivity contribution in [3.8, 4) is 5.75 Å². The largest absolute Gasteiger partial charge is 0.497 e. The van der Waals surface area contributed by atoms with Gasteiger partial charge in [-0.05, 0) is 42.8 Å². The topological polar surface area (TPSA) is 84.1 Å². The maximum absolute atomic E-state index is 15.2. The Morgan fingerprint density at radius 1 is 1.30 bits per heavy atom. The van der Waals surface area contributed by atoms with Crippen LogP contribution in [-0.4, -0.2) is 33.1 Å². The number of methoxy groups -OCH3 is 1. The highest BCUT2D eigenvalue weighted by Gasteiger charge is 2.32. The van der Waals surface area contributed by atoms with Gasteiger partial charge in [-0.25, -0.2) is 22.7 Å². The van der Waals surface area contributed by atoms with E-state index in [9.17, 15) is 13.4 Å². The first kappa shape index (κ1) is 20.1. The number of hydrogen-bond acceptors (Lipinski definition) is 4. The molecule has 0 radical (unpaired) electrons. The number of carbonyl (C=O) groups excluding carboxylic acids is 1. The van der Waals surface area contributed by atoms with Gasteiger partial charge in [-0.3, -0.25) is 4.79 Å². The molecule has 0 aliphatic heterocycles. The van der Waals surface area contributed by atoms with Crippen LogP contribution in [0.1, 0.15) is 16.8 Å². The highest BCUT2D eigenvalue weighted by molar-refractivity contribution is 7.83. The van der Waals surface area contributed by atoms with Crippen LogP contribution < -0.4 is 9.46 Å². The number of H-pyrrole nitrogens is 1. The molecule has 0 amide bonds. The number of halogens is 2. The molecule has 2 atom stereocenters. The van der Waals surface area contributed by atoms with E-state index in [1.807, 2.05) is 0 Å². The van der Waals surface area contributed by atoms with Gasteiger partial charge in [-0.15, -0.1) is 0 Å². The van der Waals surface area contributed by atoms with E-state index < -0.39 is 40.0 Å². The molecule has 0 saturated carbocycles. The number of nitrogens with one attached hydrogen (secondary N) is 2. The van der Waals surface area contributed by atoms with E-state index in [1.165, 1.54) is 13.3 Å². The van der Waals surface area contributed by atoms with Crippen LogP contribution in [-0.2, 0) is 11.0 Å². The van der Waals surface area contributed by atoms with Crippen molar-refractivity contribution in [1.82, 2.24) is 14.7 Å². The summed E-state index contributed by atoms with van der Waals surface area (Å²) in [4.78, 5) is 20.2. The average Bonchev–Trinajstić information content (AvgIpc) is 3.20. The van der Waals surface area contributed by atoms with Crippen molar-refractivity contribution in [3.63, 3.8) is 0 Å². The van der Waals surface area contributed by atoms with Gasteiger partial charge in [0.25, 0.3) is 0 Å². The van der Waals surface area contributed by atoms with E-state index in [1.54, 1.807) is 42.6 Å². The van der Waals surface area contributed by atoms with Gasteiger partial charge in [-0.1, -0.05) is 6.07 Å². The molecule has 154 valence electrons. The fraction of sp³-hybridized carbons (Fsp3) is 0.143. The smallest absolute Gasteiger partial charge is 0.200 e. The SMILES string of the molecule is COc1cccc(S(=O)NC2CC=C(F)C(C(=O)c3c[nH]c4ncccc34)=C2F)c1. The molecular weight excluding hydrogens is 412 g/mol. The molecule has 4 rings (SSSR count). The zero-order valence-electron chi connectivity index (χ0n) is 15.8. The number of nitrogens with zero attached hydrogens (tertiary/aromatic N) is 1. The van der Waals surface area contributed by atoms with Crippen molar-refractivity contribution in [2.24, 2.45) is 0 Å². The van der Waals surface area contributed by atoms with Crippen LogP contribution in [0.4, 0.5) is 8.78 Å². The molecule has 1 aliphatic carbocycles. The molecule has 1 aliphatic rings. The lowest BCUT2D eigenvalue weighted by Gasteiger charge is -2.21. The number of allylic oxidation sites excluding steroid dienone is 2. The summed E-state index contributed by atoms with van der Waals surface area (Å²) in [6, 6.07) is 8.65. The normalized spacial score (nSPS) is 17.7. The number of aromatic nitrogens is 2. The maximum atomic E-state index is 15.2. The van der Waals surface area contributed by atoms with E-state index in [2.05, 4.69) is 14.7 Å². The molecule has 2 aromatic heterocycles. The molecule has 30 heavy (non-hydrogen) atoms. The third kappa shape index (κ3) is 3.69. The molecule has 6 nitrogen and oxygen atoms in total. The summed E-state index contributed by atoms with van der Waals surface area (Å²) < 4.78 is 50.0. The minimum Gasteiger partial charge on any atom is -0.497 e. The number of pyridine rings is 1. The van der Waals surface area contributed by atoms with Crippen molar-refractivity contribution >= 4 is 27.8 Å². The summed E-state index contributed by atoms with van der Waals surface area (Å²) in [6.45, 7) is 0. The summed E-state index contributed by atoms with van der Waals surface area (Å²) in [6.07, 6.45) is 3.95. The molecule has 0 saturated heterocycles. The van der Waals surface area contributed by atoms with Crippen LogP contribution in [0.15, 0.2) is 77.0 Å². The van der Waals surface area contributed by atoms with Gasteiger partial charge in [0, 0.05) is 23.3 Å². The monoisotopic (exact) mass is 429 g/mol. The first-order valence-electron chi connectivity index (χ1n) is 9.04. The minimum atomic E-state index is -1.80. The van der Waals surface area contributed by atoms with Gasteiger partial charge in [0.1, 0.15) is 34.0 Å². The van der Waals surface area contributed by atoms with Crippen LogP contribution in [0.2, 0.25) is 0 Å². The van der Waals surface area contributed by atoms with Crippen molar-refractivity contribution < 1.29 is 22.5 Å². The molecule has 0 bridgehead atoms. The van der Waals surface area contributed by atoms with Gasteiger partial charge in [0.15, 0.2) is 0 Å². The van der Waals surface area contributed by atoms with Gasteiger partial charge >= 0.3 is 0 Å². The second-order valence-corrected chi connectivity index (χ2v) is 7.80. The van der Waals surface area contributed by atoms with Gasteiger partial charge in [0.2, 0.25) is 5.78 Å². The van der Waals surface area contributed by atoms with Gasteiger partial charge in [-0.2, -0.15) is 0 Å². The van der Waals surface area contributed by atoms with Crippen molar-refractivity contribution in [2.45, 2.75) is 17.4 Å². The predicted octanol–water partition coefficient (Wildman–Crippen LogP) is 3.92. The molecule has 0 fully saturated rings. The number of ether oxygens (including phenoxy) is 1. The van der Waals surface area contributed by atoms with Crippen LogP contribution in [0.3, 0.4) is 0 Å². The van der Waals surface area contributed by atoms with Gasteiger partial charge < -0.3 is 9.72 Å². The minimum absolute atomic E-state index is 0.0837. The average molecular weight is 429 g/mol. The number of carbonyl (C=O) groups is 1. The fourth-order valence-corrected chi connectivity index (χ4v) is 4.24. The van der Waals surface area contributed by atoms with Crippen LogP contribution in [0.5, 0.6) is 5.75 Å². The second kappa shape index (κ2) is 8.29. The summed E-state index contributed by atoms with van der Waals surface area (Å²) in [5.74, 6) is -2.24. The zero-order valence-corrected chi connectivity index (χ0v) is 16.6. The summed E-state index contributed by atoms with van der Waals surface area (Å²) in [5.41, 5.74) is -0.122. The molecule has 2 heterocycles. The van der Waals surface area contributed by atoms with E-state index in [-0.39, 0.29) is 12.0 Å². The lowest BCUT2D eigenvalue weighted by atomic mass is 9.94. The third-order valence-corrected chi connectivity index (χ3v) is 5.92. The Morgan fingerprint density at radius 2 is 2.13 bits per heavy atom. The van der Waals surface area contributed by atoms with Crippen molar-refractivity contribution in [1.29, 1.82) is 0 Å². The summed E-state index contributed by atoms with van der Waals surface area (Å²) in [7, 11) is -0.318. The standard InChI is InChI=1S/C21H17F2N3O3S/c1-29-12-4-2-5-13(10-12)30(28)26-17-8-7-16(22)18(19(17)23)20(27)15-11-25-21-14(15)6-3-9-24-21/h2-7,9-11,17,26H,8H2,1H3,(H,24,25). The number of benzene rings is 1. The third-order valence-electron chi connectivity index (χ3n) is 4.74. The Bertz CT molecular complexity index is 1220. The maximum Gasteiger partial charge on any atom is 0.200 e. The Hall–Kier alpha value is -3.17. The Labute approximate surface area is 173 Å². The Morgan fingerprint density at radius 3 is 2.93 bits per heavy atom. The molecular formula is C21H17F2N3O3S. The summed E-state index contributed by atoms with van der Waals surface area (Å²) in [5, 5.41) is 0.464. The van der Waals surface area contributed by atoms with Gasteiger partial charge in [0.05, 0.1) is 23.6 Å². The van der Waals surface area contributed by atoms with E-state index >= 15 is 4.39 Å². The fourth-order valence-electron chi connectivity index (χ4n) is 3.22. The number of hydrogen-bond donors (Lipinski definition) is 2. The Balaban J connectivity index is 1.64. The number of fused-ring (bicyclic) bond motifs is 1. The highest BCUT2D eigenvalue weighted by Crippen LogP contribution is 2.32. The predicted molar refractivity (Wildman–Crippen MR) is 109 cm³/mol. The first-order valence-corrected chi connectivity index (χ1v) is 10.2. The highest BCUT2D eigenvalue weighted by atomic mass is 32.2. The van der Waals surface area contributed by atoms with E-state index in [0.717, 1.165) is 6.08 Å². The molecule has 9 heteroatoms. The number of ketones is 1. The van der Waals surface area contributed by atoms with Crippen LogP contribution in [0.25, 0.3) is 11.0 Å². The zero-order chi connectivity index (χ0) is 21.3. The number of rotatable bonds is 6. The molecule has 2 N–H and O–H groups in total. The lowest BCUT2D eigenvalue weighted by molar-refractivity contribution is 0.103. The van der Waals surface area contributed by atoms with Crippen molar-refractivity contribution in [2.75, 3.05) is 7.11 Å². The lowest BCUT2D eigenvalue weighted by Crippen LogP contribution is -2.34. The van der Waals surface area contributed by atoms with E-state index in [0.29, 0.717) is 21.7 Å². The summed E-state index contributed by atoms with van der Waals surface area (Å²) >= 11 is 0. The number of Topliss-reactive ketones (excluding diaryl/α,β-unsaturated/α-hetero) is 1. The second-order valence-electron chi connectivity index (χ2n) is 6.56. The van der Waals surface area contributed by atoms with E-state index in [4.69, 9.17) is 4.74 Å². The Kier molecular flexibility index (Phi) is 5.56. The first-order chi connectivity index (χ1) is 14.5. The van der Waals surface area contributed by atoms with Crippen LogP contribution >= 0.6 is 0 Å². The molecule has 2 unspecified atom stereocenters.